The van der Waals surface area contributed by atoms with Gasteiger partial charge in [0.05, 0.1) is 5.41 Å². The highest BCUT2D eigenvalue weighted by Crippen LogP contribution is 2.28. The Morgan fingerprint density at radius 3 is 2.36 bits per heavy atom. The van der Waals surface area contributed by atoms with Crippen LogP contribution in [-0.2, 0) is 4.79 Å². The molecule has 1 atom stereocenters. The molecule has 0 fully saturated rings. The third-order valence-corrected chi connectivity index (χ3v) is 2.38. The van der Waals surface area contributed by atoms with Gasteiger partial charge in [-0.05, 0) is 32.7 Å². The molecule has 0 aromatic rings. The van der Waals surface area contributed by atoms with Crippen LogP contribution in [0.5, 0.6) is 0 Å². The second-order valence-corrected chi connectivity index (χ2v) is 3.51. The second-order valence-electron chi connectivity index (χ2n) is 3.51. The molecule has 0 bridgehead atoms. The fraction of sp³-hybridized carbons (Fsp3) is 0.875. The summed E-state index contributed by atoms with van der Waals surface area (Å²) in [7, 11) is 0. The molecule has 1 unspecified atom stereocenters. The van der Waals surface area contributed by atoms with Crippen LogP contribution in [0.15, 0.2) is 0 Å². The van der Waals surface area contributed by atoms with Crippen LogP contribution >= 0.6 is 0 Å². The number of aliphatic carboxylic acids is 1. The molecule has 0 heterocycles. The third kappa shape index (κ3) is 2.50. The molecule has 0 aromatic carbocycles. The smallest absolute Gasteiger partial charge is 0.309 e. The van der Waals surface area contributed by atoms with Gasteiger partial charge < -0.3 is 10.8 Å². The van der Waals surface area contributed by atoms with E-state index in [1.54, 1.807) is 13.8 Å². The maximum absolute atomic E-state index is 10.7. The molecule has 0 aliphatic carbocycles. The van der Waals surface area contributed by atoms with Crippen LogP contribution in [0, 0.1) is 11.3 Å². The third-order valence-electron chi connectivity index (χ3n) is 2.38. The lowest BCUT2D eigenvalue weighted by Crippen LogP contribution is -2.32. The van der Waals surface area contributed by atoms with E-state index >= 15 is 0 Å². The van der Waals surface area contributed by atoms with Gasteiger partial charge in [-0.15, -0.1) is 0 Å². The molecule has 0 rings (SSSR count). The van der Waals surface area contributed by atoms with Gasteiger partial charge in [0.15, 0.2) is 0 Å². The minimum Gasteiger partial charge on any atom is -0.481 e. The van der Waals surface area contributed by atoms with Gasteiger partial charge in [0.25, 0.3) is 0 Å². The Kier molecular flexibility index (Phi) is 3.52. The summed E-state index contributed by atoms with van der Waals surface area (Å²) in [4.78, 5) is 10.7. The van der Waals surface area contributed by atoms with Crippen molar-refractivity contribution in [3.63, 3.8) is 0 Å². The summed E-state index contributed by atoms with van der Waals surface area (Å²) in [5.74, 6) is -0.622. The van der Waals surface area contributed by atoms with Crippen molar-refractivity contribution in [3.8, 4) is 0 Å². The predicted octanol–water partition coefficient (Wildman–Crippen LogP) is 1.08. The number of hydrogen-bond acceptors (Lipinski definition) is 2. The lowest BCUT2D eigenvalue weighted by molar-refractivity contribution is -0.149. The molecular formula is C8H17NO2. The number of hydrogen-bond donors (Lipinski definition) is 2. The van der Waals surface area contributed by atoms with Crippen molar-refractivity contribution in [2.24, 2.45) is 17.1 Å². The Balaban J connectivity index is 4.17. The molecule has 0 spiro atoms. The number of carboxylic acids is 1. The summed E-state index contributed by atoms with van der Waals surface area (Å²) in [5.41, 5.74) is 4.68. The van der Waals surface area contributed by atoms with E-state index in [0.29, 0.717) is 6.54 Å². The molecule has 0 amide bonds. The lowest BCUT2D eigenvalue weighted by Gasteiger charge is -2.26. The topological polar surface area (TPSA) is 63.3 Å². The highest BCUT2D eigenvalue weighted by molar-refractivity contribution is 5.73. The summed E-state index contributed by atoms with van der Waals surface area (Å²) >= 11 is 0. The van der Waals surface area contributed by atoms with E-state index in [4.69, 9.17) is 10.8 Å². The summed E-state index contributed by atoms with van der Waals surface area (Å²) in [6, 6.07) is 0. The predicted molar refractivity (Wildman–Crippen MR) is 44.3 cm³/mol. The number of carbonyl (C=O) groups is 1. The molecule has 0 aromatic heterocycles. The molecular weight excluding hydrogens is 142 g/mol. The first-order valence-electron chi connectivity index (χ1n) is 3.86. The Morgan fingerprint density at radius 2 is 2.09 bits per heavy atom. The van der Waals surface area contributed by atoms with Crippen LogP contribution in [-0.4, -0.2) is 17.6 Å². The first-order chi connectivity index (χ1) is 4.92. The van der Waals surface area contributed by atoms with Gasteiger partial charge in [-0.2, -0.15) is 0 Å². The molecule has 0 aliphatic heterocycles. The van der Waals surface area contributed by atoms with Crippen LogP contribution in [0.2, 0.25) is 0 Å². The molecule has 0 aliphatic rings. The monoisotopic (exact) mass is 159 g/mol. The van der Waals surface area contributed by atoms with Crippen molar-refractivity contribution in [2.45, 2.75) is 27.2 Å². The van der Waals surface area contributed by atoms with Gasteiger partial charge in [0.2, 0.25) is 0 Å². The minimum atomic E-state index is -0.751. The van der Waals surface area contributed by atoms with Gasteiger partial charge >= 0.3 is 5.97 Å². The summed E-state index contributed by atoms with van der Waals surface area (Å²) in [6.45, 7) is 5.93. The molecule has 0 radical (unpaired) electrons. The SMILES string of the molecule is CC(CCN)C(C)(C)C(=O)O. The number of rotatable bonds is 4. The largest absolute Gasteiger partial charge is 0.481 e. The maximum atomic E-state index is 10.7. The van der Waals surface area contributed by atoms with Crippen molar-refractivity contribution >= 4 is 5.97 Å². The normalized spacial score (nSPS) is 14.5. The standard InChI is InChI=1S/C8H17NO2/c1-6(4-5-9)8(2,3)7(10)11/h6H,4-5,9H2,1-3H3,(H,10,11). The lowest BCUT2D eigenvalue weighted by atomic mass is 9.78. The van der Waals surface area contributed by atoms with Crippen molar-refractivity contribution in [1.82, 2.24) is 0 Å². The Labute approximate surface area is 67.6 Å². The van der Waals surface area contributed by atoms with E-state index < -0.39 is 11.4 Å². The second kappa shape index (κ2) is 3.72. The molecule has 0 saturated carbocycles. The molecule has 3 nitrogen and oxygen atoms in total. The highest BCUT2D eigenvalue weighted by Gasteiger charge is 2.32. The molecule has 66 valence electrons. The first kappa shape index (κ1) is 10.4. The van der Waals surface area contributed by atoms with Crippen LogP contribution < -0.4 is 5.73 Å². The van der Waals surface area contributed by atoms with Gasteiger partial charge in [0.1, 0.15) is 0 Å². The van der Waals surface area contributed by atoms with Crippen molar-refractivity contribution in [3.05, 3.63) is 0 Å². The summed E-state index contributed by atoms with van der Waals surface area (Å²) in [6.07, 6.45) is 0.763. The first-order valence-corrected chi connectivity index (χ1v) is 3.86. The number of carboxylic acid groups (broad SMARTS) is 1. The fourth-order valence-corrected chi connectivity index (χ4v) is 0.822. The highest BCUT2D eigenvalue weighted by atomic mass is 16.4. The quantitative estimate of drug-likeness (QED) is 0.645. The number of nitrogens with two attached hydrogens (primary N) is 1. The van der Waals surface area contributed by atoms with E-state index in [1.165, 1.54) is 0 Å². The minimum absolute atomic E-state index is 0.130. The van der Waals surface area contributed by atoms with Gasteiger partial charge in [-0.25, -0.2) is 0 Å². The fourth-order valence-electron chi connectivity index (χ4n) is 0.822. The molecule has 0 saturated heterocycles. The average Bonchev–Trinajstić information content (AvgIpc) is 1.88. The van der Waals surface area contributed by atoms with Crippen molar-refractivity contribution < 1.29 is 9.90 Å². The van der Waals surface area contributed by atoms with Crippen LogP contribution in [0.25, 0.3) is 0 Å². The zero-order valence-corrected chi connectivity index (χ0v) is 7.42. The van der Waals surface area contributed by atoms with E-state index in [0.717, 1.165) is 6.42 Å². The van der Waals surface area contributed by atoms with Gasteiger partial charge in [-0.1, -0.05) is 6.92 Å². The van der Waals surface area contributed by atoms with Crippen molar-refractivity contribution in [1.29, 1.82) is 0 Å². The van der Waals surface area contributed by atoms with Crippen molar-refractivity contribution in [2.75, 3.05) is 6.54 Å². The molecule has 3 N–H and O–H groups in total. The molecule has 3 heteroatoms. The summed E-state index contributed by atoms with van der Waals surface area (Å²) < 4.78 is 0. The van der Waals surface area contributed by atoms with Gasteiger partial charge in [-0.3, -0.25) is 4.79 Å². The van der Waals surface area contributed by atoms with E-state index in [1.807, 2.05) is 6.92 Å². The van der Waals surface area contributed by atoms with Crippen LogP contribution in [0.4, 0.5) is 0 Å². The Bertz CT molecular complexity index is 143. The van der Waals surface area contributed by atoms with E-state index in [-0.39, 0.29) is 5.92 Å². The summed E-state index contributed by atoms with van der Waals surface area (Å²) in [5, 5.41) is 8.80. The Hall–Kier alpha value is -0.570. The van der Waals surface area contributed by atoms with Gasteiger partial charge in [0, 0.05) is 0 Å². The van der Waals surface area contributed by atoms with E-state index in [9.17, 15) is 4.79 Å². The average molecular weight is 159 g/mol. The van der Waals surface area contributed by atoms with Crippen LogP contribution in [0.1, 0.15) is 27.2 Å². The molecule has 11 heavy (non-hydrogen) atoms. The van der Waals surface area contributed by atoms with E-state index in [2.05, 4.69) is 0 Å². The zero-order chi connectivity index (χ0) is 9.07. The van der Waals surface area contributed by atoms with Crippen LogP contribution in [0.3, 0.4) is 0 Å². The Morgan fingerprint density at radius 1 is 1.64 bits per heavy atom. The maximum Gasteiger partial charge on any atom is 0.309 e. The zero-order valence-electron chi connectivity index (χ0n) is 7.42.